The van der Waals surface area contributed by atoms with E-state index in [4.69, 9.17) is 5.73 Å². The Kier molecular flexibility index (Phi) is 3.58. The molecule has 2 N–H and O–H groups in total. The number of rotatable bonds is 3. The van der Waals surface area contributed by atoms with Crippen molar-refractivity contribution in [2.45, 2.75) is 32.9 Å². The molecule has 0 radical (unpaired) electrons. The summed E-state index contributed by atoms with van der Waals surface area (Å²) in [6, 6.07) is 0. The monoisotopic (exact) mass is 145 g/mol. The third-order valence-electron chi connectivity index (χ3n) is 1.47. The molecule has 60 valence electrons. The standard InChI is InChI=1S/C8H16FN/c1-4-8(9,6-10)5-7(2)3/h5H,4,6,10H2,1-3H3. The Labute approximate surface area is 62.1 Å². The molecular formula is C8H16FN. The summed E-state index contributed by atoms with van der Waals surface area (Å²) in [4.78, 5) is 0. The molecule has 0 aliphatic heterocycles. The zero-order valence-electron chi connectivity index (χ0n) is 6.95. The van der Waals surface area contributed by atoms with Crippen LogP contribution in [0.15, 0.2) is 11.6 Å². The minimum atomic E-state index is -1.28. The van der Waals surface area contributed by atoms with E-state index in [1.54, 1.807) is 13.0 Å². The van der Waals surface area contributed by atoms with E-state index >= 15 is 0 Å². The summed E-state index contributed by atoms with van der Waals surface area (Å²) in [6.07, 6.45) is 2.04. The molecule has 1 unspecified atom stereocenters. The third-order valence-corrected chi connectivity index (χ3v) is 1.47. The van der Waals surface area contributed by atoms with E-state index in [2.05, 4.69) is 0 Å². The van der Waals surface area contributed by atoms with Gasteiger partial charge in [-0.3, -0.25) is 0 Å². The number of allylic oxidation sites excluding steroid dienone is 1. The Morgan fingerprint density at radius 1 is 1.60 bits per heavy atom. The van der Waals surface area contributed by atoms with Crippen LogP contribution < -0.4 is 5.73 Å². The van der Waals surface area contributed by atoms with E-state index in [-0.39, 0.29) is 6.54 Å². The van der Waals surface area contributed by atoms with Crippen molar-refractivity contribution in [3.63, 3.8) is 0 Å². The molecule has 0 aliphatic carbocycles. The molecule has 0 fully saturated rings. The van der Waals surface area contributed by atoms with Crippen molar-refractivity contribution in [2.75, 3.05) is 6.54 Å². The Balaban J connectivity index is 4.20. The summed E-state index contributed by atoms with van der Waals surface area (Å²) < 4.78 is 13.3. The quantitative estimate of drug-likeness (QED) is 0.604. The van der Waals surface area contributed by atoms with Gasteiger partial charge in [-0.25, -0.2) is 4.39 Å². The van der Waals surface area contributed by atoms with Crippen molar-refractivity contribution in [3.05, 3.63) is 11.6 Å². The molecule has 0 bridgehead atoms. The molecule has 0 aliphatic rings. The predicted octanol–water partition coefficient (Wildman–Crippen LogP) is 2.03. The normalized spacial score (nSPS) is 16.1. The number of nitrogens with two attached hydrogens (primary N) is 1. The van der Waals surface area contributed by atoms with Gasteiger partial charge in [0.15, 0.2) is 0 Å². The SMILES string of the molecule is CCC(F)(C=C(C)C)CN. The van der Waals surface area contributed by atoms with Crippen LogP contribution in [0.25, 0.3) is 0 Å². The van der Waals surface area contributed by atoms with Gasteiger partial charge in [0.2, 0.25) is 0 Å². The van der Waals surface area contributed by atoms with E-state index in [9.17, 15) is 4.39 Å². The van der Waals surface area contributed by atoms with Crippen molar-refractivity contribution in [1.29, 1.82) is 0 Å². The van der Waals surface area contributed by atoms with Gasteiger partial charge in [-0.15, -0.1) is 0 Å². The van der Waals surface area contributed by atoms with Crippen LogP contribution in [0.4, 0.5) is 4.39 Å². The molecule has 10 heavy (non-hydrogen) atoms. The summed E-state index contributed by atoms with van der Waals surface area (Å²) in [7, 11) is 0. The molecular weight excluding hydrogens is 129 g/mol. The Bertz CT molecular complexity index is 121. The Morgan fingerprint density at radius 2 is 2.10 bits per heavy atom. The molecule has 0 amide bonds. The summed E-state index contributed by atoms with van der Waals surface area (Å²) >= 11 is 0. The first kappa shape index (κ1) is 9.63. The fourth-order valence-electron chi connectivity index (χ4n) is 0.823. The zero-order chi connectivity index (χ0) is 8.20. The lowest BCUT2D eigenvalue weighted by Crippen LogP contribution is -2.29. The number of hydrogen-bond donors (Lipinski definition) is 1. The average molecular weight is 145 g/mol. The molecule has 0 rings (SSSR count). The first-order valence-corrected chi connectivity index (χ1v) is 3.59. The van der Waals surface area contributed by atoms with Gasteiger partial charge >= 0.3 is 0 Å². The molecule has 0 aromatic carbocycles. The molecule has 0 saturated carbocycles. The van der Waals surface area contributed by atoms with E-state index in [1.165, 1.54) is 0 Å². The van der Waals surface area contributed by atoms with Gasteiger partial charge in [0, 0.05) is 6.54 Å². The fourth-order valence-corrected chi connectivity index (χ4v) is 0.823. The van der Waals surface area contributed by atoms with Gasteiger partial charge < -0.3 is 5.73 Å². The maximum atomic E-state index is 13.3. The van der Waals surface area contributed by atoms with Crippen molar-refractivity contribution in [3.8, 4) is 0 Å². The average Bonchev–Trinajstić information content (AvgIpc) is 1.87. The maximum Gasteiger partial charge on any atom is 0.141 e. The fraction of sp³-hybridized carbons (Fsp3) is 0.750. The summed E-state index contributed by atoms with van der Waals surface area (Å²) in [5.74, 6) is 0. The predicted molar refractivity (Wildman–Crippen MR) is 42.6 cm³/mol. The van der Waals surface area contributed by atoms with Gasteiger partial charge in [0.25, 0.3) is 0 Å². The van der Waals surface area contributed by atoms with E-state index in [0.717, 1.165) is 5.57 Å². The minimum Gasteiger partial charge on any atom is -0.327 e. The third kappa shape index (κ3) is 2.97. The van der Waals surface area contributed by atoms with Gasteiger partial charge in [0.1, 0.15) is 5.67 Å². The van der Waals surface area contributed by atoms with Gasteiger partial charge in [-0.2, -0.15) is 0 Å². The molecule has 0 heterocycles. The highest BCUT2D eigenvalue weighted by atomic mass is 19.1. The highest BCUT2D eigenvalue weighted by Gasteiger charge is 2.21. The van der Waals surface area contributed by atoms with Gasteiger partial charge in [-0.05, 0) is 26.3 Å². The first-order valence-electron chi connectivity index (χ1n) is 3.59. The van der Waals surface area contributed by atoms with Crippen LogP contribution in [0, 0.1) is 0 Å². The van der Waals surface area contributed by atoms with E-state index in [1.807, 2.05) is 13.8 Å². The van der Waals surface area contributed by atoms with Crippen molar-refractivity contribution in [1.82, 2.24) is 0 Å². The largest absolute Gasteiger partial charge is 0.327 e. The highest BCUT2D eigenvalue weighted by Crippen LogP contribution is 2.17. The first-order chi connectivity index (χ1) is 4.54. The second-order valence-corrected chi connectivity index (χ2v) is 2.81. The minimum absolute atomic E-state index is 0.0781. The van der Waals surface area contributed by atoms with E-state index in [0.29, 0.717) is 6.42 Å². The number of hydrogen-bond acceptors (Lipinski definition) is 1. The Hall–Kier alpha value is -0.370. The molecule has 0 spiro atoms. The van der Waals surface area contributed by atoms with Gasteiger partial charge in [-0.1, -0.05) is 12.5 Å². The lowest BCUT2D eigenvalue weighted by atomic mass is 10.0. The summed E-state index contributed by atoms with van der Waals surface area (Å²) in [5, 5.41) is 0. The van der Waals surface area contributed by atoms with Crippen molar-refractivity contribution < 1.29 is 4.39 Å². The van der Waals surface area contributed by atoms with Crippen LogP contribution in [0.1, 0.15) is 27.2 Å². The maximum absolute atomic E-state index is 13.3. The van der Waals surface area contributed by atoms with Crippen LogP contribution in [0.3, 0.4) is 0 Å². The number of halogens is 1. The van der Waals surface area contributed by atoms with Crippen LogP contribution in [0.5, 0.6) is 0 Å². The van der Waals surface area contributed by atoms with E-state index < -0.39 is 5.67 Å². The molecule has 1 nitrogen and oxygen atoms in total. The van der Waals surface area contributed by atoms with Crippen LogP contribution >= 0.6 is 0 Å². The lowest BCUT2D eigenvalue weighted by Gasteiger charge is -2.17. The van der Waals surface area contributed by atoms with Crippen LogP contribution in [-0.4, -0.2) is 12.2 Å². The lowest BCUT2D eigenvalue weighted by molar-refractivity contribution is 0.231. The Morgan fingerprint density at radius 3 is 2.20 bits per heavy atom. The number of alkyl halides is 1. The molecule has 0 saturated heterocycles. The van der Waals surface area contributed by atoms with Crippen LogP contribution in [0.2, 0.25) is 0 Å². The molecule has 0 aromatic heterocycles. The topological polar surface area (TPSA) is 26.0 Å². The highest BCUT2D eigenvalue weighted by molar-refractivity contribution is 5.07. The van der Waals surface area contributed by atoms with Crippen molar-refractivity contribution >= 4 is 0 Å². The molecule has 2 heteroatoms. The summed E-state index contributed by atoms with van der Waals surface area (Å²) in [6.45, 7) is 5.63. The second-order valence-electron chi connectivity index (χ2n) is 2.81. The smallest absolute Gasteiger partial charge is 0.141 e. The molecule has 0 aromatic rings. The zero-order valence-corrected chi connectivity index (χ0v) is 6.95. The summed E-state index contributed by atoms with van der Waals surface area (Å²) in [5.41, 5.74) is 4.95. The second kappa shape index (κ2) is 3.71. The molecule has 1 atom stereocenters. The van der Waals surface area contributed by atoms with Crippen molar-refractivity contribution in [2.24, 2.45) is 5.73 Å². The van der Waals surface area contributed by atoms with Crippen LogP contribution in [-0.2, 0) is 0 Å². The van der Waals surface area contributed by atoms with Gasteiger partial charge in [0.05, 0.1) is 0 Å².